The van der Waals surface area contributed by atoms with Crippen LogP contribution in [0.25, 0.3) is 0 Å². The molecule has 1 rings (SSSR count). The van der Waals surface area contributed by atoms with E-state index in [2.05, 4.69) is 5.32 Å². The van der Waals surface area contributed by atoms with Crippen molar-refractivity contribution in [3.8, 4) is 0 Å². The number of rotatable bonds is 9. The number of halogens is 2. The van der Waals surface area contributed by atoms with E-state index in [0.29, 0.717) is 31.2 Å². The summed E-state index contributed by atoms with van der Waals surface area (Å²) in [6, 6.07) is 4.44. The zero-order valence-electron chi connectivity index (χ0n) is 13.0. The molecule has 0 aliphatic carbocycles. The first kappa shape index (κ1) is 20.0. The topological polar surface area (TPSA) is 75.7 Å². The fourth-order valence-corrected chi connectivity index (χ4v) is 3.09. The highest BCUT2D eigenvalue weighted by Crippen LogP contribution is 2.30. The molecule has 0 spiro atoms. The maximum absolute atomic E-state index is 12.0. The molecule has 0 bridgehead atoms. The van der Waals surface area contributed by atoms with Gasteiger partial charge in [0.2, 0.25) is 15.9 Å². The van der Waals surface area contributed by atoms with Crippen molar-refractivity contribution in [3.63, 3.8) is 0 Å². The van der Waals surface area contributed by atoms with Gasteiger partial charge in [0.05, 0.1) is 17.0 Å². The standard InChI is InChI=1S/C14H20Cl2N2O4S/c1-3-22-8-4-7-17-14(19)10-18(23(2,20)21)13-9-11(15)5-6-12(13)16/h5-6,9H,3-4,7-8,10H2,1-2H3,(H,17,19). The van der Waals surface area contributed by atoms with Crippen molar-refractivity contribution in [1.82, 2.24) is 5.32 Å². The molecular weight excluding hydrogens is 363 g/mol. The number of anilines is 1. The number of hydrogen-bond acceptors (Lipinski definition) is 4. The SMILES string of the molecule is CCOCCCNC(=O)CN(c1cc(Cl)ccc1Cl)S(C)(=O)=O. The second-order valence-corrected chi connectivity index (χ2v) is 7.52. The molecule has 0 aliphatic heterocycles. The summed E-state index contributed by atoms with van der Waals surface area (Å²) in [4.78, 5) is 12.0. The fraction of sp³-hybridized carbons (Fsp3) is 0.500. The van der Waals surface area contributed by atoms with Crippen molar-refractivity contribution in [2.24, 2.45) is 0 Å². The van der Waals surface area contributed by atoms with Gasteiger partial charge in [-0.25, -0.2) is 8.42 Å². The quantitative estimate of drug-likeness (QED) is 0.664. The van der Waals surface area contributed by atoms with Crippen LogP contribution in [0.4, 0.5) is 5.69 Å². The number of nitrogens with one attached hydrogen (secondary N) is 1. The smallest absolute Gasteiger partial charge is 0.240 e. The maximum Gasteiger partial charge on any atom is 0.240 e. The first-order chi connectivity index (χ1) is 10.8. The van der Waals surface area contributed by atoms with Gasteiger partial charge < -0.3 is 10.1 Å². The van der Waals surface area contributed by atoms with Crippen molar-refractivity contribution in [2.45, 2.75) is 13.3 Å². The molecule has 0 aromatic heterocycles. The minimum absolute atomic E-state index is 0.172. The normalized spacial score (nSPS) is 11.3. The maximum atomic E-state index is 12.0. The van der Waals surface area contributed by atoms with Gasteiger partial charge in [-0.15, -0.1) is 0 Å². The number of carbonyl (C=O) groups is 1. The average Bonchev–Trinajstić information content (AvgIpc) is 2.46. The van der Waals surface area contributed by atoms with Crippen molar-refractivity contribution in [2.75, 3.05) is 36.9 Å². The van der Waals surface area contributed by atoms with E-state index in [4.69, 9.17) is 27.9 Å². The van der Waals surface area contributed by atoms with E-state index in [1.54, 1.807) is 6.07 Å². The van der Waals surface area contributed by atoms with Crippen LogP contribution in [0.5, 0.6) is 0 Å². The van der Waals surface area contributed by atoms with Gasteiger partial charge in [-0.3, -0.25) is 9.10 Å². The molecule has 0 aliphatic rings. The zero-order chi connectivity index (χ0) is 17.5. The second kappa shape index (κ2) is 9.32. The Balaban J connectivity index is 2.77. The molecule has 1 aromatic rings. The van der Waals surface area contributed by atoms with Crippen LogP contribution in [0.15, 0.2) is 18.2 Å². The van der Waals surface area contributed by atoms with Crippen LogP contribution in [0.3, 0.4) is 0 Å². The summed E-state index contributed by atoms with van der Waals surface area (Å²) >= 11 is 11.9. The molecule has 1 aromatic carbocycles. The van der Waals surface area contributed by atoms with Crippen LogP contribution in [-0.2, 0) is 19.6 Å². The van der Waals surface area contributed by atoms with Gasteiger partial charge in [-0.2, -0.15) is 0 Å². The van der Waals surface area contributed by atoms with Gasteiger partial charge in [0.1, 0.15) is 6.54 Å². The number of nitrogens with zero attached hydrogens (tertiary/aromatic N) is 1. The predicted molar refractivity (Wildman–Crippen MR) is 92.8 cm³/mol. The molecule has 1 N–H and O–H groups in total. The molecule has 0 saturated carbocycles. The molecule has 0 saturated heterocycles. The summed E-state index contributed by atoms with van der Waals surface area (Å²) < 4.78 is 30.0. The number of sulfonamides is 1. The molecule has 6 nitrogen and oxygen atoms in total. The lowest BCUT2D eigenvalue weighted by Crippen LogP contribution is -2.41. The Morgan fingerprint density at radius 3 is 2.65 bits per heavy atom. The Bertz CT molecular complexity index is 638. The Morgan fingerprint density at radius 1 is 1.35 bits per heavy atom. The number of hydrogen-bond donors (Lipinski definition) is 1. The zero-order valence-corrected chi connectivity index (χ0v) is 15.3. The van der Waals surface area contributed by atoms with Gasteiger partial charge >= 0.3 is 0 Å². The molecule has 9 heteroatoms. The molecule has 0 heterocycles. The Kier molecular flexibility index (Phi) is 8.11. The molecule has 0 radical (unpaired) electrons. The average molecular weight is 383 g/mol. The molecule has 0 unspecified atom stereocenters. The van der Waals surface area contributed by atoms with Crippen LogP contribution in [-0.4, -0.2) is 46.9 Å². The van der Waals surface area contributed by atoms with Gasteiger partial charge in [0.25, 0.3) is 0 Å². The lowest BCUT2D eigenvalue weighted by atomic mass is 10.3. The van der Waals surface area contributed by atoms with Crippen LogP contribution >= 0.6 is 23.2 Å². The number of ether oxygens (including phenoxy) is 1. The summed E-state index contributed by atoms with van der Waals surface area (Å²) in [5, 5.41) is 3.17. The number of amides is 1. The van der Waals surface area contributed by atoms with Crippen molar-refractivity contribution >= 4 is 44.8 Å². The highest BCUT2D eigenvalue weighted by molar-refractivity contribution is 7.92. The van der Waals surface area contributed by atoms with E-state index in [1.807, 2.05) is 6.92 Å². The Morgan fingerprint density at radius 2 is 2.04 bits per heavy atom. The molecule has 0 atom stereocenters. The monoisotopic (exact) mass is 382 g/mol. The van der Waals surface area contributed by atoms with Crippen LogP contribution in [0.1, 0.15) is 13.3 Å². The van der Waals surface area contributed by atoms with E-state index in [0.717, 1.165) is 10.6 Å². The third-order valence-electron chi connectivity index (χ3n) is 2.86. The molecule has 130 valence electrons. The van der Waals surface area contributed by atoms with E-state index in [1.165, 1.54) is 12.1 Å². The minimum atomic E-state index is -3.69. The number of carbonyl (C=O) groups excluding carboxylic acids is 1. The van der Waals surface area contributed by atoms with Gasteiger partial charge in [-0.1, -0.05) is 23.2 Å². The Hall–Kier alpha value is -1.02. The van der Waals surface area contributed by atoms with Crippen molar-refractivity contribution < 1.29 is 17.9 Å². The largest absolute Gasteiger partial charge is 0.382 e. The predicted octanol–water partition coefficient (Wildman–Crippen LogP) is 2.30. The van der Waals surface area contributed by atoms with E-state index in [-0.39, 0.29) is 17.3 Å². The number of benzene rings is 1. The third kappa shape index (κ3) is 6.95. The minimum Gasteiger partial charge on any atom is -0.382 e. The molecular formula is C14H20Cl2N2O4S. The van der Waals surface area contributed by atoms with Gasteiger partial charge in [0.15, 0.2) is 0 Å². The summed E-state index contributed by atoms with van der Waals surface area (Å²) in [7, 11) is -3.69. The van der Waals surface area contributed by atoms with Crippen LogP contribution < -0.4 is 9.62 Å². The fourth-order valence-electron chi connectivity index (χ4n) is 1.79. The van der Waals surface area contributed by atoms with Crippen LogP contribution in [0, 0.1) is 0 Å². The molecule has 23 heavy (non-hydrogen) atoms. The van der Waals surface area contributed by atoms with E-state index >= 15 is 0 Å². The highest BCUT2D eigenvalue weighted by atomic mass is 35.5. The van der Waals surface area contributed by atoms with Gasteiger partial charge in [-0.05, 0) is 31.5 Å². The summed E-state index contributed by atoms with van der Waals surface area (Å²) in [6.45, 7) is 3.07. The summed E-state index contributed by atoms with van der Waals surface area (Å²) in [6.07, 6.45) is 1.66. The van der Waals surface area contributed by atoms with Gasteiger partial charge in [0, 0.05) is 24.8 Å². The van der Waals surface area contributed by atoms with Crippen molar-refractivity contribution in [3.05, 3.63) is 28.2 Å². The van der Waals surface area contributed by atoms with Crippen LogP contribution in [0.2, 0.25) is 10.0 Å². The highest BCUT2D eigenvalue weighted by Gasteiger charge is 2.23. The Labute approximate surface area is 146 Å². The second-order valence-electron chi connectivity index (χ2n) is 4.77. The lowest BCUT2D eigenvalue weighted by Gasteiger charge is -2.23. The third-order valence-corrected chi connectivity index (χ3v) is 4.54. The summed E-state index contributed by atoms with van der Waals surface area (Å²) in [5.41, 5.74) is 0.172. The summed E-state index contributed by atoms with van der Waals surface area (Å²) in [5.74, 6) is -0.428. The van der Waals surface area contributed by atoms with E-state index < -0.39 is 15.9 Å². The first-order valence-electron chi connectivity index (χ1n) is 7.03. The first-order valence-corrected chi connectivity index (χ1v) is 9.63. The molecule has 1 amide bonds. The van der Waals surface area contributed by atoms with Crippen molar-refractivity contribution in [1.29, 1.82) is 0 Å². The molecule has 0 fully saturated rings. The van der Waals surface area contributed by atoms with E-state index in [9.17, 15) is 13.2 Å². The lowest BCUT2D eigenvalue weighted by molar-refractivity contribution is -0.119.